The van der Waals surface area contributed by atoms with E-state index in [0.29, 0.717) is 0 Å². The van der Waals surface area contributed by atoms with Gasteiger partial charge < -0.3 is 0 Å². The van der Waals surface area contributed by atoms with Gasteiger partial charge in [-0.3, -0.25) is 0 Å². The molecular formula is C3ClF6OS+. The molecule has 0 fully saturated rings. The monoisotopic (exact) mass is 233 g/mol. The van der Waals surface area contributed by atoms with Gasteiger partial charge in [-0.05, 0) is 0 Å². The van der Waals surface area contributed by atoms with Gasteiger partial charge >= 0.3 is 28.2 Å². The van der Waals surface area contributed by atoms with Crippen LogP contribution in [0.3, 0.4) is 0 Å². The molecule has 0 radical (unpaired) electrons. The van der Waals surface area contributed by atoms with Crippen LogP contribution in [0.15, 0.2) is 0 Å². The molecular weight excluding hydrogens is 234 g/mol. The van der Waals surface area contributed by atoms with Crippen molar-refractivity contribution in [3.05, 3.63) is 0 Å². The molecule has 1 nitrogen and oxygen atoms in total. The molecule has 1 atom stereocenters. The molecule has 0 amide bonds. The van der Waals surface area contributed by atoms with Crippen molar-refractivity contribution in [1.29, 1.82) is 0 Å². The molecule has 0 saturated carbocycles. The summed E-state index contributed by atoms with van der Waals surface area (Å²) in [5, 5.41) is -10.6. The van der Waals surface area contributed by atoms with Crippen molar-refractivity contribution in [3.8, 4) is 0 Å². The van der Waals surface area contributed by atoms with Crippen LogP contribution in [-0.2, 0) is 15.9 Å². The van der Waals surface area contributed by atoms with Crippen molar-refractivity contribution in [2.24, 2.45) is 0 Å². The normalized spacial score (nSPS) is 18.6. The number of hydrogen-bond acceptors (Lipinski definition) is 1. The summed E-state index contributed by atoms with van der Waals surface area (Å²) in [4.78, 5) is 0. The minimum absolute atomic E-state index is 1.85. The van der Waals surface area contributed by atoms with Gasteiger partial charge in [0, 0.05) is 4.21 Å². The first-order valence-electron chi connectivity index (χ1n) is 2.19. The van der Waals surface area contributed by atoms with Gasteiger partial charge in [0.1, 0.15) is 0 Å². The van der Waals surface area contributed by atoms with Gasteiger partial charge in [-0.2, -0.15) is 13.2 Å². The van der Waals surface area contributed by atoms with Crippen LogP contribution in [0.2, 0.25) is 0 Å². The Balaban J connectivity index is 4.97. The fourth-order valence-electron chi connectivity index (χ4n) is 0.217. The molecule has 0 aromatic heterocycles. The third-order valence-electron chi connectivity index (χ3n) is 0.826. The number of alkyl halides is 7. The molecule has 0 N–H and O–H groups in total. The summed E-state index contributed by atoms with van der Waals surface area (Å²) in [6, 6.07) is 0. The van der Waals surface area contributed by atoms with E-state index in [0.717, 1.165) is 0 Å². The average molecular weight is 234 g/mol. The summed E-state index contributed by atoms with van der Waals surface area (Å²) in [7, 11) is 0. The topological polar surface area (TPSA) is 17.1 Å². The van der Waals surface area contributed by atoms with E-state index in [1.165, 1.54) is 0 Å². The van der Waals surface area contributed by atoms with Gasteiger partial charge in [-0.25, -0.2) is 4.39 Å². The van der Waals surface area contributed by atoms with Crippen LogP contribution in [0.5, 0.6) is 0 Å². The Labute approximate surface area is 71.2 Å². The third kappa shape index (κ3) is 1.79. The zero-order valence-corrected chi connectivity index (χ0v) is 6.53. The van der Waals surface area contributed by atoms with E-state index in [-0.39, 0.29) is 0 Å². The summed E-state index contributed by atoms with van der Waals surface area (Å²) in [6.45, 7) is 0. The summed E-state index contributed by atoms with van der Waals surface area (Å²) in [5.74, 6) is 0. The van der Waals surface area contributed by atoms with Gasteiger partial charge in [0.25, 0.3) is 0 Å². The van der Waals surface area contributed by atoms with E-state index in [9.17, 15) is 30.6 Å². The van der Waals surface area contributed by atoms with Crippen molar-refractivity contribution in [2.45, 2.75) is 16.6 Å². The van der Waals surface area contributed by atoms with Crippen LogP contribution >= 0.6 is 11.6 Å². The number of hydrogen-bond donors (Lipinski definition) is 0. The Kier molecular flexibility index (Phi) is 2.96. The van der Waals surface area contributed by atoms with Gasteiger partial charge in [0.2, 0.25) is 0 Å². The van der Waals surface area contributed by atoms with E-state index < -0.39 is 28.2 Å². The summed E-state index contributed by atoms with van der Waals surface area (Å²) >= 11 is 1.99. The second-order valence-corrected chi connectivity index (χ2v) is 2.87. The predicted octanol–water partition coefficient (Wildman–Crippen LogP) is 2.47. The molecule has 9 heteroatoms. The Morgan fingerprint density at radius 1 is 1.00 bits per heavy atom. The van der Waals surface area contributed by atoms with E-state index in [1.807, 2.05) is 0 Å². The Morgan fingerprint density at radius 3 is 1.42 bits per heavy atom. The maximum atomic E-state index is 12.0. The largest absolute Gasteiger partial charge is 0.587 e. The fraction of sp³-hybridized carbons (Fsp3) is 1.00. The van der Waals surface area contributed by atoms with Gasteiger partial charge in [-0.15, -0.1) is 8.78 Å². The van der Waals surface area contributed by atoms with Crippen LogP contribution in [0, 0.1) is 0 Å². The van der Waals surface area contributed by atoms with Gasteiger partial charge in [0.15, 0.2) is 0 Å². The van der Waals surface area contributed by atoms with Crippen LogP contribution in [-0.4, -0.2) is 16.6 Å². The standard InChI is InChI=1S/C3ClF6OS/c4-1(5,2(6,7)8)3(9,10)12-11/q+1. The molecule has 0 heterocycles. The highest BCUT2D eigenvalue weighted by Crippen LogP contribution is 2.47. The molecule has 0 aromatic rings. The maximum Gasteiger partial charge on any atom is 0.587 e. The van der Waals surface area contributed by atoms with Crippen LogP contribution in [0.25, 0.3) is 0 Å². The maximum absolute atomic E-state index is 12.0. The lowest BCUT2D eigenvalue weighted by Crippen LogP contribution is -2.50. The molecule has 12 heavy (non-hydrogen) atoms. The van der Waals surface area contributed by atoms with E-state index in [2.05, 4.69) is 11.6 Å². The Hall–Kier alpha value is -0.110. The highest BCUT2D eigenvalue weighted by atomic mass is 35.5. The SMILES string of the molecule is O=[S+]C(F)(F)C(F)(Cl)C(F)(F)F. The smallest absolute Gasteiger partial charge is 0.202 e. The predicted molar refractivity (Wildman–Crippen MR) is 28.7 cm³/mol. The molecule has 0 saturated heterocycles. The minimum Gasteiger partial charge on any atom is -0.202 e. The van der Waals surface area contributed by atoms with E-state index in [4.69, 9.17) is 0 Å². The van der Waals surface area contributed by atoms with Gasteiger partial charge in [-0.1, -0.05) is 11.6 Å². The summed E-state index contributed by atoms with van der Waals surface area (Å²) < 4.78 is 79.3. The molecule has 0 aliphatic rings. The minimum atomic E-state index is -5.99. The summed E-state index contributed by atoms with van der Waals surface area (Å²) in [6.07, 6.45) is -5.99. The zero-order valence-electron chi connectivity index (χ0n) is 4.96. The first-order chi connectivity index (χ1) is 5.06. The Bertz CT molecular complexity index is 188. The number of rotatable bonds is 2. The molecule has 0 rings (SSSR count). The molecule has 1 unspecified atom stereocenters. The van der Waals surface area contributed by atoms with Crippen molar-refractivity contribution >= 4 is 23.3 Å². The first-order valence-corrected chi connectivity index (χ1v) is 3.31. The molecule has 0 aliphatic carbocycles. The van der Waals surface area contributed by atoms with E-state index in [1.54, 1.807) is 0 Å². The highest BCUT2D eigenvalue weighted by Gasteiger charge is 2.80. The van der Waals surface area contributed by atoms with Crippen LogP contribution in [0.4, 0.5) is 26.3 Å². The van der Waals surface area contributed by atoms with Crippen molar-refractivity contribution in [2.75, 3.05) is 0 Å². The van der Waals surface area contributed by atoms with Crippen LogP contribution in [0.1, 0.15) is 0 Å². The average Bonchev–Trinajstić information content (AvgIpc) is 1.85. The van der Waals surface area contributed by atoms with E-state index >= 15 is 0 Å². The lowest BCUT2D eigenvalue weighted by molar-refractivity contribution is -0.241. The Morgan fingerprint density at radius 2 is 1.33 bits per heavy atom. The summed E-state index contributed by atoms with van der Waals surface area (Å²) in [5.41, 5.74) is 0. The van der Waals surface area contributed by atoms with Crippen molar-refractivity contribution < 1.29 is 30.6 Å². The number of halogens is 7. The molecule has 0 spiro atoms. The lowest BCUT2D eigenvalue weighted by Gasteiger charge is -2.18. The third-order valence-corrected chi connectivity index (χ3v) is 1.88. The zero-order chi connectivity index (χ0) is 10.2. The van der Waals surface area contributed by atoms with Crippen molar-refractivity contribution in [3.63, 3.8) is 0 Å². The fourth-order valence-corrected chi connectivity index (χ4v) is 0.532. The molecule has 0 bridgehead atoms. The quantitative estimate of drug-likeness (QED) is 0.407. The highest BCUT2D eigenvalue weighted by molar-refractivity contribution is 7.67. The second-order valence-electron chi connectivity index (χ2n) is 1.67. The van der Waals surface area contributed by atoms with Crippen LogP contribution < -0.4 is 0 Å². The van der Waals surface area contributed by atoms with Gasteiger partial charge in [0.05, 0.1) is 0 Å². The lowest BCUT2D eigenvalue weighted by atomic mass is 10.4. The molecule has 72 valence electrons. The first kappa shape index (κ1) is 11.9. The molecule has 0 aromatic carbocycles. The second kappa shape index (κ2) is 2.99. The van der Waals surface area contributed by atoms with Crippen molar-refractivity contribution in [1.82, 2.24) is 0 Å². The molecule has 0 aliphatic heterocycles.